The van der Waals surface area contributed by atoms with Gasteiger partial charge >= 0.3 is 0 Å². The average molecular weight is 239 g/mol. The van der Waals surface area contributed by atoms with Crippen LogP contribution in [0.3, 0.4) is 0 Å². The maximum absolute atomic E-state index is 12.2. The third kappa shape index (κ3) is 3.46. The fourth-order valence-electron chi connectivity index (χ4n) is 3.21. The molecule has 1 rings (SSSR count). The quantitative estimate of drug-likeness (QED) is 0.797. The summed E-state index contributed by atoms with van der Waals surface area (Å²) in [6, 6.07) is 0. The summed E-state index contributed by atoms with van der Waals surface area (Å²) in [4.78, 5) is 12.2. The molecule has 0 bridgehead atoms. The summed E-state index contributed by atoms with van der Waals surface area (Å²) >= 11 is 0. The molecule has 3 unspecified atom stereocenters. The first-order chi connectivity index (χ1) is 7.93. The zero-order chi connectivity index (χ0) is 13.1. The standard InChI is InChI=1S/C15H29NO/c1-6-15(5)9-8-12(11(3)4)13(10-15)14(17)16-7-2/h11-13H,6-10H2,1-5H3,(H,16,17). The van der Waals surface area contributed by atoms with Crippen LogP contribution in [0.4, 0.5) is 0 Å². The first-order valence-corrected chi connectivity index (χ1v) is 7.21. The molecule has 1 N–H and O–H groups in total. The maximum Gasteiger partial charge on any atom is 0.223 e. The molecule has 3 atom stereocenters. The highest BCUT2D eigenvalue weighted by Gasteiger charge is 2.40. The van der Waals surface area contributed by atoms with Gasteiger partial charge in [0.25, 0.3) is 0 Å². The number of amides is 1. The Morgan fingerprint density at radius 3 is 2.53 bits per heavy atom. The van der Waals surface area contributed by atoms with E-state index in [0.29, 0.717) is 17.3 Å². The molecular formula is C15H29NO. The van der Waals surface area contributed by atoms with Crippen molar-refractivity contribution >= 4 is 5.91 Å². The molecule has 0 heterocycles. The first-order valence-electron chi connectivity index (χ1n) is 7.21. The van der Waals surface area contributed by atoms with Gasteiger partial charge in [0.2, 0.25) is 5.91 Å². The van der Waals surface area contributed by atoms with E-state index in [4.69, 9.17) is 0 Å². The second kappa shape index (κ2) is 5.88. The molecule has 0 spiro atoms. The van der Waals surface area contributed by atoms with Gasteiger partial charge in [0.15, 0.2) is 0 Å². The van der Waals surface area contributed by atoms with Crippen molar-refractivity contribution in [1.29, 1.82) is 0 Å². The molecule has 0 saturated heterocycles. The number of carbonyl (C=O) groups is 1. The summed E-state index contributed by atoms with van der Waals surface area (Å²) in [5, 5.41) is 3.02. The van der Waals surface area contributed by atoms with Gasteiger partial charge in [0.1, 0.15) is 0 Å². The van der Waals surface area contributed by atoms with Crippen LogP contribution in [-0.4, -0.2) is 12.5 Å². The Bertz CT molecular complexity index is 262. The predicted molar refractivity (Wildman–Crippen MR) is 72.8 cm³/mol. The topological polar surface area (TPSA) is 29.1 Å². The molecule has 1 aliphatic rings. The van der Waals surface area contributed by atoms with Crippen molar-refractivity contribution in [3.05, 3.63) is 0 Å². The minimum absolute atomic E-state index is 0.230. The second-order valence-corrected chi connectivity index (χ2v) is 6.32. The Balaban J connectivity index is 2.79. The Labute approximate surface area is 107 Å². The van der Waals surface area contributed by atoms with E-state index >= 15 is 0 Å². The van der Waals surface area contributed by atoms with E-state index in [1.165, 1.54) is 19.3 Å². The number of hydrogen-bond donors (Lipinski definition) is 1. The molecule has 1 saturated carbocycles. The number of carbonyl (C=O) groups excluding carboxylic acids is 1. The van der Waals surface area contributed by atoms with Crippen LogP contribution in [0.2, 0.25) is 0 Å². The lowest BCUT2D eigenvalue weighted by atomic mass is 9.62. The van der Waals surface area contributed by atoms with Crippen LogP contribution in [0.15, 0.2) is 0 Å². The van der Waals surface area contributed by atoms with Crippen molar-refractivity contribution in [2.45, 2.75) is 60.3 Å². The molecule has 0 aromatic carbocycles. The van der Waals surface area contributed by atoms with Crippen LogP contribution in [0, 0.1) is 23.2 Å². The molecule has 0 radical (unpaired) electrons. The van der Waals surface area contributed by atoms with Gasteiger partial charge in [0.05, 0.1) is 0 Å². The second-order valence-electron chi connectivity index (χ2n) is 6.32. The Morgan fingerprint density at radius 2 is 2.06 bits per heavy atom. The highest BCUT2D eigenvalue weighted by atomic mass is 16.1. The van der Waals surface area contributed by atoms with Gasteiger partial charge < -0.3 is 5.32 Å². The van der Waals surface area contributed by atoms with Gasteiger partial charge in [-0.1, -0.05) is 34.1 Å². The Hall–Kier alpha value is -0.530. The summed E-state index contributed by atoms with van der Waals surface area (Å²) < 4.78 is 0. The first kappa shape index (κ1) is 14.5. The third-order valence-corrected chi connectivity index (χ3v) is 4.71. The number of rotatable bonds is 4. The van der Waals surface area contributed by atoms with Gasteiger partial charge in [-0.3, -0.25) is 4.79 Å². The van der Waals surface area contributed by atoms with Crippen molar-refractivity contribution < 1.29 is 4.79 Å². The molecule has 0 aromatic heterocycles. The van der Waals surface area contributed by atoms with Gasteiger partial charge in [0, 0.05) is 12.5 Å². The average Bonchev–Trinajstić information content (AvgIpc) is 2.29. The van der Waals surface area contributed by atoms with Crippen molar-refractivity contribution in [2.24, 2.45) is 23.2 Å². The van der Waals surface area contributed by atoms with Crippen molar-refractivity contribution in [1.82, 2.24) is 5.32 Å². The molecule has 100 valence electrons. The van der Waals surface area contributed by atoms with Gasteiger partial charge in [-0.2, -0.15) is 0 Å². The van der Waals surface area contributed by atoms with Crippen LogP contribution in [0.5, 0.6) is 0 Å². The van der Waals surface area contributed by atoms with Crippen LogP contribution in [0.1, 0.15) is 60.3 Å². The van der Waals surface area contributed by atoms with Crippen LogP contribution in [-0.2, 0) is 4.79 Å². The zero-order valence-electron chi connectivity index (χ0n) is 12.2. The monoisotopic (exact) mass is 239 g/mol. The molecule has 1 fully saturated rings. The molecule has 17 heavy (non-hydrogen) atoms. The smallest absolute Gasteiger partial charge is 0.223 e. The van der Waals surface area contributed by atoms with E-state index in [1.807, 2.05) is 6.92 Å². The van der Waals surface area contributed by atoms with E-state index in [1.54, 1.807) is 0 Å². The minimum atomic E-state index is 0.230. The molecule has 2 nitrogen and oxygen atoms in total. The SMILES string of the molecule is CCNC(=O)C1CC(C)(CC)CCC1C(C)C. The number of nitrogens with one attached hydrogen (secondary N) is 1. The van der Waals surface area contributed by atoms with Crippen LogP contribution in [0.25, 0.3) is 0 Å². The molecular weight excluding hydrogens is 210 g/mol. The van der Waals surface area contributed by atoms with Gasteiger partial charge in [-0.05, 0) is 43.4 Å². The summed E-state index contributed by atoms with van der Waals surface area (Å²) in [6.45, 7) is 11.9. The number of hydrogen-bond acceptors (Lipinski definition) is 1. The zero-order valence-corrected chi connectivity index (χ0v) is 12.2. The Kier molecular flexibility index (Phi) is 5.03. The summed E-state index contributed by atoms with van der Waals surface area (Å²) in [5.41, 5.74) is 0.376. The van der Waals surface area contributed by atoms with Crippen molar-refractivity contribution in [3.8, 4) is 0 Å². The molecule has 0 aliphatic heterocycles. The third-order valence-electron chi connectivity index (χ3n) is 4.71. The van der Waals surface area contributed by atoms with E-state index in [0.717, 1.165) is 13.0 Å². The Morgan fingerprint density at radius 1 is 1.41 bits per heavy atom. The summed E-state index contributed by atoms with van der Waals surface area (Å²) in [7, 11) is 0. The van der Waals surface area contributed by atoms with E-state index < -0.39 is 0 Å². The van der Waals surface area contributed by atoms with E-state index in [2.05, 4.69) is 33.0 Å². The largest absolute Gasteiger partial charge is 0.356 e. The van der Waals surface area contributed by atoms with Crippen molar-refractivity contribution in [2.75, 3.05) is 6.54 Å². The van der Waals surface area contributed by atoms with Gasteiger partial charge in [-0.15, -0.1) is 0 Å². The lowest BCUT2D eigenvalue weighted by Crippen LogP contribution is -2.43. The fourth-order valence-corrected chi connectivity index (χ4v) is 3.21. The molecule has 1 aliphatic carbocycles. The van der Waals surface area contributed by atoms with Crippen molar-refractivity contribution in [3.63, 3.8) is 0 Å². The summed E-state index contributed by atoms with van der Waals surface area (Å²) in [6.07, 6.45) is 4.75. The lowest BCUT2D eigenvalue weighted by molar-refractivity contribution is -0.130. The lowest BCUT2D eigenvalue weighted by Gasteiger charge is -2.43. The molecule has 2 heteroatoms. The van der Waals surface area contributed by atoms with E-state index in [9.17, 15) is 4.79 Å². The van der Waals surface area contributed by atoms with Crippen LogP contribution >= 0.6 is 0 Å². The minimum Gasteiger partial charge on any atom is -0.356 e. The predicted octanol–water partition coefficient (Wildman–Crippen LogP) is 3.61. The molecule has 0 aromatic rings. The van der Waals surface area contributed by atoms with Gasteiger partial charge in [-0.25, -0.2) is 0 Å². The maximum atomic E-state index is 12.2. The normalized spacial score (nSPS) is 33.8. The fraction of sp³-hybridized carbons (Fsp3) is 0.933. The summed E-state index contributed by atoms with van der Waals surface area (Å²) in [5.74, 6) is 1.70. The highest BCUT2D eigenvalue weighted by Crippen LogP contribution is 2.46. The van der Waals surface area contributed by atoms with Crippen LogP contribution < -0.4 is 5.32 Å². The highest BCUT2D eigenvalue weighted by molar-refractivity contribution is 5.79. The molecule has 1 amide bonds. The van der Waals surface area contributed by atoms with E-state index in [-0.39, 0.29) is 11.8 Å².